The van der Waals surface area contributed by atoms with E-state index in [2.05, 4.69) is 27.4 Å². The van der Waals surface area contributed by atoms with Gasteiger partial charge in [0.25, 0.3) is 5.91 Å². The Morgan fingerprint density at radius 1 is 1.10 bits per heavy atom. The molecule has 2 heterocycles. The lowest BCUT2D eigenvalue weighted by molar-refractivity contribution is 0.0728. The van der Waals surface area contributed by atoms with Crippen molar-refractivity contribution in [2.45, 2.75) is 26.4 Å². The fraction of sp³-hybridized carbons (Fsp3) is 0.261. The van der Waals surface area contributed by atoms with Gasteiger partial charge in [-0.2, -0.15) is 0 Å². The normalized spacial score (nSPS) is 13.0. The summed E-state index contributed by atoms with van der Waals surface area (Å²) in [5, 5.41) is 3.29. The van der Waals surface area contributed by atoms with E-state index >= 15 is 0 Å². The van der Waals surface area contributed by atoms with Gasteiger partial charge >= 0.3 is 0 Å². The van der Waals surface area contributed by atoms with E-state index < -0.39 is 0 Å². The number of hydrogen-bond acceptors (Lipinski definition) is 5. The summed E-state index contributed by atoms with van der Waals surface area (Å²) in [5.41, 5.74) is 4.05. The molecule has 0 unspecified atom stereocenters. The topological polar surface area (TPSA) is 67.3 Å². The summed E-state index contributed by atoms with van der Waals surface area (Å²) in [4.78, 5) is 23.7. The number of nitrogens with zero attached hydrogens (tertiary/aromatic N) is 3. The van der Waals surface area contributed by atoms with Crippen molar-refractivity contribution in [1.29, 1.82) is 0 Å². The maximum Gasteiger partial charge on any atom is 0.272 e. The maximum atomic E-state index is 13.1. The van der Waals surface area contributed by atoms with Crippen molar-refractivity contribution in [1.82, 2.24) is 14.9 Å². The van der Waals surface area contributed by atoms with Crippen LogP contribution in [0.1, 0.15) is 33.0 Å². The van der Waals surface area contributed by atoms with E-state index in [1.54, 1.807) is 20.1 Å². The summed E-state index contributed by atoms with van der Waals surface area (Å²) >= 11 is 0. The Labute approximate surface area is 170 Å². The van der Waals surface area contributed by atoms with Crippen LogP contribution >= 0.6 is 0 Å². The lowest BCUT2D eigenvalue weighted by Crippen LogP contribution is -2.36. The molecule has 148 valence electrons. The van der Waals surface area contributed by atoms with Gasteiger partial charge in [0.2, 0.25) is 0 Å². The molecule has 3 aromatic rings. The molecule has 0 fully saturated rings. The van der Waals surface area contributed by atoms with Gasteiger partial charge in [0.15, 0.2) is 0 Å². The smallest absolute Gasteiger partial charge is 0.272 e. The Hall–Kier alpha value is -3.41. The number of anilines is 1. The molecule has 1 aliphatic rings. The van der Waals surface area contributed by atoms with Gasteiger partial charge in [-0.25, -0.2) is 9.97 Å². The molecule has 29 heavy (non-hydrogen) atoms. The highest BCUT2D eigenvalue weighted by atomic mass is 16.5. The average molecular weight is 388 g/mol. The molecule has 4 rings (SSSR count). The van der Waals surface area contributed by atoms with E-state index in [1.165, 1.54) is 11.1 Å². The Kier molecular flexibility index (Phi) is 5.42. The van der Waals surface area contributed by atoms with Crippen molar-refractivity contribution in [3.8, 4) is 5.75 Å². The second-order valence-corrected chi connectivity index (χ2v) is 7.13. The number of benzene rings is 2. The van der Waals surface area contributed by atoms with E-state index in [-0.39, 0.29) is 5.91 Å². The molecule has 0 spiro atoms. The minimum Gasteiger partial charge on any atom is -0.497 e. The number of carbonyl (C=O) groups is 1. The largest absolute Gasteiger partial charge is 0.497 e. The highest BCUT2D eigenvalue weighted by Crippen LogP contribution is 2.21. The van der Waals surface area contributed by atoms with Gasteiger partial charge in [0.05, 0.1) is 7.11 Å². The third kappa shape index (κ3) is 4.37. The zero-order chi connectivity index (χ0) is 20.2. The lowest BCUT2D eigenvalue weighted by atomic mass is 10.00. The zero-order valence-corrected chi connectivity index (χ0v) is 16.7. The molecule has 0 radical (unpaired) electrons. The van der Waals surface area contributed by atoms with Crippen molar-refractivity contribution < 1.29 is 9.53 Å². The summed E-state index contributed by atoms with van der Waals surface area (Å²) < 4.78 is 5.19. The van der Waals surface area contributed by atoms with Crippen LogP contribution in [0.2, 0.25) is 0 Å². The molecule has 6 nitrogen and oxygen atoms in total. The van der Waals surface area contributed by atoms with Crippen molar-refractivity contribution >= 4 is 11.7 Å². The third-order valence-electron chi connectivity index (χ3n) is 5.11. The Balaban J connectivity index is 1.47. The SMILES string of the molecule is COc1ccc(CNc2cc(C(=O)N3CCc4ccccc4C3)nc(C)n2)cc1. The first-order valence-corrected chi connectivity index (χ1v) is 9.71. The summed E-state index contributed by atoms with van der Waals surface area (Å²) in [7, 11) is 1.65. The van der Waals surface area contributed by atoms with Crippen LogP contribution in [0.25, 0.3) is 0 Å². The minimum absolute atomic E-state index is 0.0579. The molecule has 1 aromatic heterocycles. The number of ether oxygens (including phenoxy) is 1. The Morgan fingerprint density at radius 2 is 1.86 bits per heavy atom. The highest BCUT2D eigenvalue weighted by molar-refractivity contribution is 5.93. The summed E-state index contributed by atoms with van der Waals surface area (Å²) in [6.07, 6.45) is 0.870. The fourth-order valence-corrected chi connectivity index (χ4v) is 3.53. The van der Waals surface area contributed by atoms with Gasteiger partial charge in [-0.1, -0.05) is 36.4 Å². The van der Waals surface area contributed by atoms with Crippen molar-refractivity contribution in [3.63, 3.8) is 0 Å². The summed E-state index contributed by atoms with van der Waals surface area (Å²) in [6.45, 7) is 3.73. The highest BCUT2D eigenvalue weighted by Gasteiger charge is 2.23. The molecule has 0 bridgehead atoms. The van der Waals surface area contributed by atoms with Crippen molar-refractivity contribution in [2.75, 3.05) is 19.0 Å². The monoisotopic (exact) mass is 388 g/mol. The predicted octanol–water partition coefficient (Wildman–Crippen LogP) is 3.60. The van der Waals surface area contributed by atoms with Gasteiger partial charge in [-0.15, -0.1) is 0 Å². The molecule has 6 heteroatoms. The summed E-state index contributed by atoms with van der Waals surface area (Å²) in [6, 6.07) is 17.9. The third-order valence-corrected chi connectivity index (χ3v) is 5.11. The van der Waals surface area contributed by atoms with Crippen LogP contribution in [-0.2, 0) is 19.5 Å². The van der Waals surface area contributed by atoms with E-state index in [0.717, 1.165) is 17.7 Å². The first-order chi connectivity index (χ1) is 14.1. The second-order valence-electron chi connectivity index (χ2n) is 7.13. The average Bonchev–Trinajstić information content (AvgIpc) is 2.77. The number of fused-ring (bicyclic) bond motifs is 1. The van der Waals surface area contributed by atoms with Gasteiger partial charge in [-0.05, 0) is 42.2 Å². The van der Waals surface area contributed by atoms with E-state index in [4.69, 9.17) is 4.74 Å². The lowest BCUT2D eigenvalue weighted by Gasteiger charge is -2.28. The molecule has 0 atom stereocenters. The standard InChI is InChI=1S/C23H24N4O2/c1-16-25-21(23(28)27-12-11-18-5-3-4-6-19(18)15-27)13-22(26-16)24-14-17-7-9-20(29-2)10-8-17/h3-10,13H,11-12,14-15H2,1-2H3,(H,24,25,26). The van der Waals surface area contributed by atoms with Crippen LogP contribution in [-0.4, -0.2) is 34.4 Å². The van der Waals surface area contributed by atoms with E-state index in [9.17, 15) is 4.79 Å². The van der Waals surface area contributed by atoms with Crippen LogP contribution in [0.5, 0.6) is 5.75 Å². The molecule has 1 amide bonds. The maximum absolute atomic E-state index is 13.1. The van der Waals surface area contributed by atoms with Crippen molar-refractivity contribution in [2.24, 2.45) is 0 Å². The molecule has 1 aliphatic heterocycles. The van der Waals surface area contributed by atoms with Crippen molar-refractivity contribution in [3.05, 3.63) is 82.8 Å². The number of aryl methyl sites for hydroxylation is 1. The summed E-state index contributed by atoms with van der Waals surface area (Å²) in [5.74, 6) is 1.99. The molecule has 0 aliphatic carbocycles. The first-order valence-electron chi connectivity index (χ1n) is 9.71. The van der Waals surface area contributed by atoms with Crippen LogP contribution in [0.4, 0.5) is 5.82 Å². The van der Waals surface area contributed by atoms with Crippen LogP contribution < -0.4 is 10.1 Å². The number of hydrogen-bond donors (Lipinski definition) is 1. The van der Waals surface area contributed by atoms with Crippen LogP contribution in [0, 0.1) is 6.92 Å². The number of rotatable bonds is 5. The zero-order valence-electron chi connectivity index (χ0n) is 16.7. The van der Waals surface area contributed by atoms with Gasteiger partial charge < -0.3 is 15.0 Å². The predicted molar refractivity (Wildman–Crippen MR) is 112 cm³/mol. The molecular weight excluding hydrogens is 364 g/mol. The fourth-order valence-electron chi connectivity index (χ4n) is 3.53. The first kappa shape index (κ1) is 18.9. The number of nitrogens with one attached hydrogen (secondary N) is 1. The van der Waals surface area contributed by atoms with E-state index in [1.807, 2.05) is 41.3 Å². The minimum atomic E-state index is -0.0579. The number of methoxy groups -OCH3 is 1. The van der Waals surface area contributed by atoms with Gasteiger partial charge in [0.1, 0.15) is 23.1 Å². The number of carbonyl (C=O) groups excluding carboxylic acids is 1. The molecule has 0 saturated heterocycles. The van der Waals surface area contributed by atoms with E-state index in [0.29, 0.717) is 37.0 Å². The molecule has 2 aromatic carbocycles. The number of amides is 1. The Bertz CT molecular complexity index is 1020. The molecular formula is C23H24N4O2. The quantitative estimate of drug-likeness (QED) is 0.723. The van der Waals surface area contributed by atoms with Gasteiger partial charge in [-0.3, -0.25) is 4.79 Å². The molecule has 0 saturated carbocycles. The van der Waals surface area contributed by atoms with Crippen LogP contribution in [0.3, 0.4) is 0 Å². The van der Waals surface area contributed by atoms with Crippen LogP contribution in [0.15, 0.2) is 54.6 Å². The number of aromatic nitrogens is 2. The Morgan fingerprint density at radius 3 is 2.62 bits per heavy atom. The van der Waals surface area contributed by atoms with Gasteiger partial charge in [0, 0.05) is 25.7 Å². The second kappa shape index (κ2) is 8.31. The molecule has 1 N–H and O–H groups in total.